The highest BCUT2D eigenvalue weighted by Crippen LogP contribution is 2.26. The topological polar surface area (TPSA) is 46.3 Å². The van der Waals surface area contributed by atoms with Crippen LogP contribution in [0.2, 0.25) is 0 Å². The van der Waals surface area contributed by atoms with E-state index in [4.69, 9.17) is 5.73 Å². The molecule has 98 valence electrons. The van der Waals surface area contributed by atoms with Crippen molar-refractivity contribution in [3.05, 3.63) is 29.8 Å². The summed E-state index contributed by atoms with van der Waals surface area (Å²) in [6.07, 6.45) is 2.80. The van der Waals surface area contributed by atoms with Gasteiger partial charge < -0.3 is 10.6 Å². The van der Waals surface area contributed by atoms with E-state index in [1.807, 2.05) is 17.0 Å². The first-order valence-corrected chi connectivity index (χ1v) is 6.65. The normalized spacial score (nSPS) is 17.1. The molecule has 1 heterocycles. The Morgan fingerprint density at radius 3 is 2.44 bits per heavy atom. The molecule has 0 spiro atoms. The summed E-state index contributed by atoms with van der Waals surface area (Å²) in [6.45, 7) is 5.73. The SMILES string of the molecule is CC(C)(CN)c1ccc(N2CCCCC2=O)cc1. The summed E-state index contributed by atoms with van der Waals surface area (Å²) >= 11 is 0. The summed E-state index contributed by atoms with van der Waals surface area (Å²) in [5.74, 6) is 0.243. The molecule has 0 atom stereocenters. The fraction of sp³-hybridized carbons (Fsp3) is 0.533. The number of benzene rings is 1. The summed E-state index contributed by atoms with van der Waals surface area (Å²) in [6, 6.07) is 8.25. The number of nitrogens with zero attached hydrogens (tertiary/aromatic N) is 1. The average Bonchev–Trinajstić information content (AvgIpc) is 2.39. The zero-order chi connectivity index (χ0) is 13.2. The van der Waals surface area contributed by atoms with Crippen molar-refractivity contribution in [2.75, 3.05) is 18.0 Å². The molecule has 3 nitrogen and oxygen atoms in total. The van der Waals surface area contributed by atoms with Crippen molar-refractivity contribution in [1.29, 1.82) is 0 Å². The molecule has 0 aliphatic carbocycles. The van der Waals surface area contributed by atoms with Crippen LogP contribution in [0.5, 0.6) is 0 Å². The van der Waals surface area contributed by atoms with Crippen LogP contribution in [0.25, 0.3) is 0 Å². The van der Waals surface area contributed by atoms with E-state index in [9.17, 15) is 4.79 Å². The average molecular weight is 246 g/mol. The highest BCUT2D eigenvalue weighted by Gasteiger charge is 2.21. The summed E-state index contributed by atoms with van der Waals surface area (Å²) in [5, 5.41) is 0. The summed E-state index contributed by atoms with van der Waals surface area (Å²) in [4.78, 5) is 13.7. The number of hydrogen-bond donors (Lipinski definition) is 1. The lowest BCUT2D eigenvalue weighted by molar-refractivity contribution is -0.119. The lowest BCUT2D eigenvalue weighted by Gasteiger charge is -2.28. The van der Waals surface area contributed by atoms with Gasteiger partial charge in [-0.25, -0.2) is 0 Å². The number of rotatable bonds is 3. The Balaban J connectivity index is 2.19. The van der Waals surface area contributed by atoms with E-state index in [2.05, 4.69) is 26.0 Å². The van der Waals surface area contributed by atoms with E-state index in [-0.39, 0.29) is 11.3 Å². The Morgan fingerprint density at radius 2 is 1.89 bits per heavy atom. The van der Waals surface area contributed by atoms with E-state index < -0.39 is 0 Å². The molecule has 0 saturated carbocycles. The Bertz CT molecular complexity index is 423. The molecule has 1 aromatic rings. The van der Waals surface area contributed by atoms with Crippen molar-refractivity contribution in [3.63, 3.8) is 0 Å². The predicted molar refractivity (Wildman–Crippen MR) is 74.7 cm³/mol. The van der Waals surface area contributed by atoms with Gasteiger partial charge in [0.2, 0.25) is 5.91 Å². The number of hydrogen-bond acceptors (Lipinski definition) is 2. The van der Waals surface area contributed by atoms with Gasteiger partial charge in [-0.3, -0.25) is 4.79 Å². The number of carbonyl (C=O) groups is 1. The molecule has 0 bridgehead atoms. The molecule has 1 fully saturated rings. The molecular weight excluding hydrogens is 224 g/mol. The van der Waals surface area contributed by atoms with Crippen LogP contribution < -0.4 is 10.6 Å². The summed E-state index contributed by atoms with van der Waals surface area (Å²) in [5.41, 5.74) is 8.00. The maximum atomic E-state index is 11.8. The minimum absolute atomic E-state index is 0.00949. The van der Waals surface area contributed by atoms with Gasteiger partial charge in [0.1, 0.15) is 0 Å². The van der Waals surface area contributed by atoms with Crippen LogP contribution in [0.1, 0.15) is 38.7 Å². The van der Waals surface area contributed by atoms with Crippen molar-refractivity contribution >= 4 is 11.6 Å². The second kappa shape index (κ2) is 5.11. The van der Waals surface area contributed by atoms with Gasteiger partial charge in [0.05, 0.1) is 0 Å². The fourth-order valence-corrected chi connectivity index (χ4v) is 2.29. The molecule has 1 saturated heterocycles. The van der Waals surface area contributed by atoms with Crippen molar-refractivity contribution in [2.45, 2.75) is 38.5 Å². The van der Waals surface area contributed by atoms with Gasteiger partial charge in [0.15, 0.2) is 0 Å². The first-order chi connectivity index (χ1) is 8.54. The zero-order valence-corrected chi connectivity index (χ0v) is 11.3. The van der Waals surface area contributed by atoms with E-state index in [0.717, 1.165) is 25.1 Å². The Hall–Kier alpha value is -1.35. The monoisotopic (exact) mass is 246 g/mol. The van der Waals surface area contributed by atoms with Crippen molar-refractivity contribution < 1.29 is 4.79 Å². The summed E-state index contributed by atoms with van der Waals surface area (Å²) in [7, 11) is 0. The molecule has 1 aliphatic rings. The lowest BCUT2D eigenvalue weighted by Crippen LogP contribution is -2.35. The first kappa shape index (κ1) is 13.1. The maximum absolute atomic E-state index is 11.8. The number of piperidine rings is 1. The predicted octanol–water partition coefficient (Wildman–Crippen LogP) is 2.44. The van der Waals surface area contributed by atoms with Crippen LogP contribution in [0, 0.1) is 0 Å². The summed E-state index contributed by atoms with van der Waals surface area (Å²) < 4.78 is 0. The number of nitrogens with two attached hydrogens (primary N) is 1. The molecule has 1 amide bonds. The van der Waals surface area contributed by atoms with E-state index in [0.29, 0.717) is 13.0 Å². The third-order valence-corrected chi connectivity index (χ3v) is 3.79. The second-order valence-electron chi connectivity index (χ2n) is 5.64. The lowest BCUT2D eigenvalue weighted by atomic mass is 9.85. The molecular formula is C15H22N2O. The first-order valence-electron chi connectivity index (χ1n) is 6.65. The molecule has 0 radical (unpaired) electrons. The molecule has 1 aliphatic heterocycles. The Kier molecular flexibility index (Phi) is 3.71. The minimum Gasteiger partial charge on any atom is -0.330 e. The van der Waals surface area contributed by atoms with E-state index >= 15 is 0 Å². The molecule has 2 N–H and O–H groups in total. The van der Waals surface area contributed by atoms with E-state index in [1.165, 1.54) is 5.56 Å². The highest BCUT2D eigenvalue weighted by molar-refractivity contribution is 5.93. The third-order valence-electron chi connectivity index (χ3n) is 3.79. The number of anilines is 1. The van der Waals surface area contributed by atoms with Crippen LogP contribution in [0.4, 0.5) is 5.69 Å². The molecule has 2 rings (SSSR count). The van der Waals surface area contributed by atoms with Crippen molar-refractivity contribution in [3.8, 4) is 0 Å². The van der Waals surface area contributed by atoms with Gasteiger partial charge in [-0.05, 0) is 30.5 Å². The third kappa shape index (κ3) is 2.56. The van der Waals surface area contributed by atoms with Crippen LogP contribution in [0.15, 0.2) is 24.3 Å². The van der Waals surface area contributed by atoms with E-state index in [1.54, 1.807) is 0 Å². The second-order valence-corrected chi connectivity index (χ2v) is 5.64. The standard InChI is InChI=1S/C15H22N2O/c1-15(2,11-16)12-6-8-13(9-7-12)17-10-4-3-5-14(17)18/h6-9H,3-5,10-11,16H2,1-2H3. The molecule has 1 aromatic carbocycles. The fourth-order valence-electron chi connectivity index (χ4n) is 2.29. The quantitative estimate of drug-likeness (QED) is 0.890. The molecule has 0 unspecified atom stereocenters. The zero-order valence-electron chi connectivity index (χ0n) is 11.3. The number of amides is 1. The van der Waals surface area contributed by atoms with Gasteiger partial charge in [-0.15, -0.1) is 0 Å². The van der Waals surface area contributed by atoms with Crippen LogP contribution in [0.3, 0.4) is 0 Å². The highest BCUT2D eigenvalue weighted by atomic mass is 16.2. The molecule has 3 heteroatoms. The van der Waals surface area contributed by atoms with Gasteiger partial charge in [0, 0.05) is 30.6 Å². The Labute approximate surface area is 109 Å². The van der Waals surface area contributed by atoms with Crippen molar-refractivity contribution in [1.82, 2.24) is 0 Å². The largest absolute Gasteiger partial charge is 0.330 e. The van der Waals surface area contributed by atoms with Crippen LogP contribution in [-0.4, -0.2) is 19.0 Å². The van der Waals surface area contributed by atoms with Crippen molar-refractivity contribution in [2.24, 2.45) is 5.73 Å². The Morgan fingerprint density at radius 1 is 1.22 bits per heavy atom. The maximum Gasteiger partial charge on any atom is 0.226 e. The van der Waals surface area contributed by atoms with Gasteiger partial charge in [-0.2, -0.15) is 0 Å². The number of carbonyl (C=O) groups excluding carboxylic acids is 1. The molecule has 0 aromatic heterocycles. The van der Waals surface area contributed by atoms with Crippen LogP contribution >= 0.6 is 0 Å². The smallest absolute Gasteiger partial charge is 0.226 e. The van der Waals surface area contributed by atoms with Gasteiger partial charge in [-0.1, -0.05) is 26.0 Å². The minimum atomic E-state index is -0.00949. The van der Waals surface area contributed by atoms with Gasteiger partial charge >= 0.3 is 0 Å². The van der Waals surface area contributed by atoms with Crippen LogP contribution in [-0.2, 0) is 10.2 Å². The van der Waals surface area contributed by atoms with Gasteiger partial charge in [0.25, 0.3) is 0 Å². The molecule has 18 heavy (non-hydrogen) atoms.